The standard InChI is InChI=1S/C28H50N6O9.C16H32N4O6/c1-30-24-8-6-13-34(24)28(39)23(29)7-2-4-10-31-25(36)9-3-5-15-40-16-11-32-27(38)22-43-20-19-41-17-12-33-26(37)21-42-18-14-35;1-17-5-3-14(21)18-6-4-15(22)19-8-10-25-11-12-26-13-16(23)20-7-9-24-2/h23-24,35H,2-22,29H2,(H,31,36)(H,32,38)(H,33,37);17H,3-13H2,1-2H3,(H,18,21)(H,19,22)(H,20,23)/t23-,24-;/m0./s1. The maximum atomic E-state index is 12.4. The molecule has 1 aliphatic heterocycles. The van der Waals surface area contributed by atoms with Crippen LogP contribution < -0.4 is 43.0 Å². The fourth-order valence-electron chi connectivity index (χ4n) is 5.84. The van der Waals surface area contributed by atoms with Crippen LogP contribution in [0.1, 0.15) is 64.2 Å². The first-order chi connectivity index (χ1) is 33.5. The average molecular weight is 991 g/mol. The Morgan fingerprint density at radius 3 is 1.61 bits per heavy atom. The predicted molar refractivity (Wildman–Crippen MR) is 252 cm³/mol. The van der Waals surface area contributed by atoms with E-state index in [4.69, 9.17) is 50.6 Å². The number of aliphatic hydroxyl groups is 1. The molecule has 2 atom stereocenters. The molecule has 1 rings (SSSR count). The van der Waals surface area contributed by atoms with E-state index in [1.807, 2.05) is 0 Å². The fraction of sp³-hybridized carbons (Fsp3) is 0.818. The minimum Gasteiger partial charge on any atom is -0.394 e. The highest BCUT2D eigenvalue weighted by molar-refractivity contribution is 5.82. The molecule has 0 aromatic heterocycles. The molecule has 0 aliphatic carbocycles. The number of carbonyl (C=O) groups is 7. The third-order valence-electron chi connectivity index (χ3n) is 9.47. The number of hydrogen-bond donors (Lipinski definition) is 9. The van der Waals surface area contributed by atoms with Gasteiger partial charge in [-0.2, -0.15) is 0 Å². The van der Waals surface area contributed by atoms with Gasteiger partial charge in [0.25, 0.3) is 0 Å². The summed E-state index contributed by atoms with van der Waals surface area (Å²) in [5.41, 5.74) is 6.02. The van der Waals surface area contributed by atoms with Crippen LogP contribution in [0.3, 0.4) is 0 Å². The molecule has 0 aromatic rings. The van der Waals surface area contributed by atoms with E-state index in [-0.39, 0.29) is 100 Å². The van der Waals surface area contributed by atoms with E-state index in [0.29, 0.717) is 131 Å². The molecule has 0 unspecified atom stereocenters. The molecule has 69 heavy (non-hydrogen) atoms. The molecule has 0 bridgehead atoms. The molecule has 25 nitrogen and oxygen atoms in total. The molecular weight excluding hydrogens is 909 g/mol. The molecule has 0 radical (unpaired) electrons. The highest BCUT2D eigenvalue weighted by Gasteiger charge is 2.35. The Balaban J connectivity index is 0.00000152. The van der Waals surface area contributed by atoms with Crippen LogP contribution in [-0.2, 0) is 66.7 Å². The molecule has 1 aliphatic rings. The van der Waals surface area contributed by atoms with Crippen LogP contribution in [0.5, 0.6) is 0 Å². The lowest BCUT2D eigenvalue weighted by atomic mass is 10.1. The van der Waals surface area contributed by atoms with Crippen molar-refractivity contribution in [2.75, 3.05) is 159 Å². The molecule has 0 saturated carbocycles. The van der Waals surface area contributed by atoms with E-state index >= 15 is 0 Å². The van der Waals surface area contributed by atoms with Gasteiger partial charge in [0, 0.05) is 91.8 Å². The monoisotopic (exact) mass is 991 g/mol. The summed E-state index contributed by atoms with van der Waals surface area (Å²) in [7, 11) is 3.34. The van der Waals surface area contributed by atoms with E-state index in [2.05, 4.69) is 42.1 Å². The molecule has 0 aromatic carbocycles. The number of unbranched alkanes of at least 4 members (excludes halogenated alkanes) is 2. The van der Waals surface area contributed by atoms with Gasteiger partial charge < -0.3 is 81.2 Å². The number of nitrogens with one attached hydrogen (secondary N) is 7. The number of nitrogens with zero attached hydrogens (tertiary/aromatic N) is 2. The van der Waals surface area contributed by atoms with Crippen molar-refractivity contribution in [2.45, 2.75) is 76.4 Å². The Hall–Kier alpha value is -4.62. The SMILES string of the molecule is CNCCC(=O)NCCC(=O)NCCOCCOCC(=O)NCCOC.[C-]#[N+][C@@H]1CCCN1C(=O)[C@@H](N)CCCCNC(=O)CCCCOCCNC(=O)COCCOCCNC(=O)COCCO. The van der Waals surface area contributed by atoms with Gasteiger partial charge in [-0.05, 0) is 45.6 Å². The highest BCUT2D eigenvalue weighted by atomic mass is 16.5. The van der Waals surface area contributed by atoms with Crippen LogP contribution in [0.15, 0.2) is 0 Å². The van der Waals surface area contributed by atoms with E-state index in [9.17, 15) is 33.6 Å². The van der Waals surface area contributed by atoms with E-state index in [1.54, 1.807) is 19.1 Å². The van der Waals surface area contributed by atoms with Gasteiger partial charge in [-0.1, -0.05) is 0 Å². The summed E-state index contributed by atoms with van der Waals surface area (Å²) in [6, 6.07) is -0.602. The van der Waals surface area contributed by atoms with Crippen molar-refractivity contribution in [2.24, 2.45) is 5.73 Å². The number of ether oxygens (including phenoxy) is 7. The molecule has 1 saturated heterocycles. The summed E-state index contributed by atoms with van der Waals surface area (Å²) in [5, 5.41) is 27.6. The molecule has 0 spiro atoms. The minimum absolute atomic E-state index is 0.0240. The number of nitrogens with two attached hydrogens (primary N) is 1. The van der Waals surface area contributed by atoms with Gasteiger partial charge >= 0.3 is 6.17 Å². The van der Waals surface area contributed by atoms with Gasteiger partial charge in [-0.15, -0.1) is 0 Å². The summed E-state index contributed by atoms with van der Waals surface area (Å²) >= 11 is 0. The van der Waals surface area contributed by atoms with Crippen molar-refractivity contribution in [1.29, 1.82) is 0 Å². The van der Waals surface area contributed by atoms with Crippen LogP contribution in [0.2, 0.25) is 0 Å². The van der Waals surface area contributed by atoms with Crippen LogP contribution >= 0.6 is 0 Å². The Kier molecular flexibility index (Phi) is 43.9. The summed E-state index contributed by atoms with van der Waals surface area (Å²) in [5.74, 6) is -1.16. The Bertz CT molecular complexity index is 1430. The number of aliphatic hydroxyl groups excluding tert-OH is 1. The lowest BCUT2D eigenvalue weighted by Crippen LogP contribution is -2.45. The van der Waals surface area contributed by atoms with Crippen molar-refractivity contribution in [3.8, 4) is 0 Å². The van der Waals surface area contributed by atoms with Gasteiger partial charge in [0.15, 0.2) is 0 Å². The second-order valence-electron chi connectivity index (χ2n) is 15.3. The van der Waals surface area contributed by atoms with Gasteiger partial charge in [0.05, 0.1) is 72.1 Å². The summed E-state index contributed by atoms with van der Waals surface area (Å²) in [6.45, 7) is 13.6. The number of likely N-dealkylation sites (tertiary alicyclic amines) is 1. The maximum Gasteiger partial charge on any atom is 0.300 e. The quantitative estimate of drug-likeness (QED) is 0.0216. The zero-order valence-corrected chi connectivity index (χ0v) is 40.9. The van der Waals surface area contributed by atoms with Crippen LogP contribution in [-0.4, -0.2) is 223 Å². The Morgan fingerprint density at radius 1 is 0.580 bits per heavy atom. The molecular formula is C44H82N10O15. The third kappa shape index (κ3) is 40.9. The lowest BCUT2D eigenvalue weighted by Gasteiger charge is -2.20. The van der Waals surface area contributed by atoms with Crippen LogP contribution in [0, 0.1) is 6.57 Å². The van der Waals surface area contributed by atoms with Crippen molar-refractivity contribution >= 4 is 41.4 Å². The van der Waals surface area contributed by atoms with E-state index < -0.39 is 6.04 Å². The largest absolute Gasteiger partial charge is 0.394 e. The molecule has 25 heteroatoms. The van der Waals surface area contributed by atoms with Crippen molar-refractivity contribution in [3.63, 3.8) is 0 Å². The molecule has 398 valence electrons. The number of carbonyl (C=O) groups excluding carboxylic acids is 7. The number of methoxy groups -OCH3 is 1. The zero-order valence-electron chi connectivity index (χ0n) is 40.9. The molecule has 7 amide bonds. The first-order valence-corrected chi connectivity index (χ1v) is 23.7. The molecule has 1 heterocycles. The average Bonchev–Trinajstić information content (AvgIpc) is 3.82. The lowest BCUT2D eigenvalue weighted by molar-refractivity contribution is -0.133. The first-order valence-electron chi connectivity index (χ1n) is 23.7. The van der Waals surface area contributed by atoms with Crippen molar-refractivity contribution in [3.05, 3.63) is 11.4 Å². The summed E-state index contributed by atoms with van der Waals surface area (Å²) in [4.78, 5) is 86.8. The maximum absolute atomic E-state index is 12.4. The molecule has 10 N–H and O–H groups in total. The van der Waals surface area contributed by atoms with Gasteiger partial charge in [-0.25, -0.2) is 6.57 Å². The zero-order chi connectivity index (χ0) is 51.0. The van der Waals surface area contributed by atoms with Gasteiger partial charge in [0.2, 0.25) is 41.4 Å². The molecule has 1 fully saturated rings. The van der Waals surface area contributed by atoms with Crippen LogP contribution in [0.25, 0.3) is 4.85 Å². The minimum atomic E-state index is -0.602. The topological polar surface area (TPSA) is 322 Å². The number of hydrogen-bond acceptors (Lipinski definition) is 17. The Morgan fingerprint density at radius 2 is 1.06 bits per heavy atom. The van der Waals surface area contributed by atoms with E-state index in [1.165, 1.54) is 0 Å². The van der Waals surface area contributed by atoms with Gasteiger partial charge in [-0.3, -0.25) is 43.3 Å². The normalized spacial score (nSPS) is 13.3. The Labute approximate surface area is 407 Å². The summed E-state index contributed by atoms with van der Waals surface area (Å²) in [6.07, 6.45) is 5.61. The van der Waals surface area contributed by atoms with Crippen molar-refractivity contribution < 1.29 is 71.8 Å². The van der Waals surface area contributed by atoms with Crippen molar-refractivity contribution in [1.82, 2.24) is 42.1 Å². The number of rotatable bonds is 43. The predicted octanol–water partition coefficient (Wildman–Crippen LogP) is -3.06. The second kappa shape index (κ2) is 47.1. The fourth-order valence-corrected chi connectivity index (χ4v) is 5.84. The first kappa shape index (κ1) is 64.4. The van der Waals surface area contributed by atoms with E-state index in [0.717, 1.165) is 25.7 Å². The van der Waals surface area contributed by atoms with Gasteiger partial charge in [0.1, 0.15) is 19.8 Å². The third-order valence-corrected chi connectivity index (χ3v) is 9.47. The smallest absolute Gasteiger partial charge is 0.300 e. The number of amides is 7. The highest BCUT2D eigenvalue weighted by Crippen LogP contribution is 2.19. The van der Waals surface area contributed by atoms with Crippen LogP contribution in [0.4, 0.5) is 0 Å². The summed E-state index contributed by atoms with van der Waals surface area (Å²) < 4.78 is 36.1. The second-order valence-corrected chi connectivity index (χ2v) is 15.3.